The van der Waals surface area contributed by atoms with Gasteiger partial charge in [-0.1, -0.05) is 60.7 Å². The van der Waals surface area contributed by atoms with Crippen molar-refractivity contribution in [1.29, 1.82) is 5.26 Å². The molecule has 0 aliphatic carbocycles. The normalized spacial score (nSPS) is 13.3. The highest BCUT2D eigenvalue weighted by molar-refractivity contribution is 5.83. The van der Waals surface area contributed by atoms with Crippen molar-refractivity contribution in [2.24, 2.45) is 0 Å². The summed E-state index contributed by atoms with van der Waals surface area (Å²) in [6.07, 6.45) is -1.94. The molecule has 22 heavy (non-hydrogen) atoms. The molecule has 0 saturated heterocycles. The number of aliphatic hydroxyl groups excluding tert-OH is 1. The number of nitriles is 1. The molecule has 3 aromatic carbocycles. The lowest BCUT2D eigenvalue weighted by Gasteiger charge is -2.18. The average Bonchev–Trinajstić information content (AvgIpc) is 2.59. The smallest absolute Gasteiger partial charge is 0.214 e. The van der Waals surface area contributed by atoms with Gasteiger partial charge in [0.15, 0.2) is 0 Å². The molecule has 3 aromatic rings. The van der Waals surface area contributed by atoms with E-state index in [1.54, 1.807) is 12.1 Å². The van der Waals surface area contributed by atoms with Gasteiger partial charge in [0.2, 0.25) is 6.10 Å². The van der Waals surface area contributed by atoms with Gasteiger partial charge in [-0.2, -0.15) is 5.26 Å². The maximum Gasteiger partial charge on any atom is 0.214 e. The predicted octanol–water partition coefficient (Wildman–Crippen LogP) is 3.84. The first kappa shape index (κ1) is 14.1. The number of ether oxygens (including phenoxy) is 1. The first-order valence-electron chi connectivity index (χ1n) is 7.06. The molecule has 0 aromatic heterocycles. The Morgan fingerprint density at radius 2 is 1.55 bits per heavy atom. The van der Waals surface area contributed by atoms with Gasteiger partial charge in [0, 0.05) is 0 Å². The van der Waals surface area contributed by atoms with Crippen molar-refractivity contribution >= 4 is 10.8 Å². The first-order chi connectivity index (χ1) is 10.8. The zero-order valence-electron chi connectivity index (χ0n) is 11.9. The maximum absolute atomic E-state index is 10.3. The molecule has 0 radical (unpaired) electrons. The van der Waals surface area contributed by atoms with Crippen LogP contribution in [0.15, 0.2) is 72.8 Å². The topological polar surface area (TPSA) is 53.2 Å². The van der Waals surface area contributed by atoms with Crippen LogP contribution in [-0.2, 0) is 0 Å². The van der Waals surface area contributed by atoms with E-state index in [4.69, 9.17) is 4.74 Å². The van der Waals surface area contributed by atoms with Gasteiger partial charge in [0.1, 0.15) is 17.9 Å². The molecule has 0 saturated carbocycles. The zero-order valence-corrected chi connectivity index (χ0v) is 11.9. The van der Waals surface area contributed by atoms with Crippen LogP contribution in [0, 0.1) is 11.3 Å². The van der Waals surface area contributed by atoms with E-state index in [2.05, 4.69) is 0 Å². The number of hydrogen-bond acceptors (Lipinski definition) is 3. The Hall–Kier alpha value is -2.83. The average molecular weight is 289 g/mol. The number of rotatable bonds is 4. The second kappa shape index (κ2) is 6.30. The van der Waals surface area contributed by atoms with E-state index in [0.717, 1.165) is 10.8 Å². The van der Waals surface area contributed by atoms with Crippen molar-refractivity contribution in [2.45, 2.75) is 12.2 Å². The van der Waals surface area contributed by atoms with E-state index >= 15 is 0 Å². The fourth-order valence-corrected chi connectivity index (χ4v) is 2.37. The predicted molar refractivity (Wildman–Crippen MR) is 85.4 cm³/mol. The molecule has 1 N–H and O–H groups in total. The number of hydrogen-bond donors (Lipinski definition) is 1. The highest BCUT2D eigenvalue weighted by Crippen LogP contribution is 2.25. The lowest BCUT2D eigenvalue weighted by Crippen LogP contribution is -2.23. The molecule has 0 amide bonds. The summed E-state index contributed by atoms with van der Waals surface area (Å²) in [6, 6.07) is 24.6. The van der Waals surface area contributed by atoms with Gasteiger partial charge < -0.3 is 9.84 Å². The number of benzene rings is 3. The van der Waals surface area contributed by atoms with Crippen LogP contribution in [0.25, 0.3) is 10.8 Å². The lowest BCUT2D eigenvalue weighted by molar-refractivity contribution is 0.0680. The van der Waals surface area contributed by atoms with Crippen molar-refractivity contribution in [1.82, 2.24) is 0 Å². The van der Waals surface area contributed by atoms with E-state index in [1.165, 1.54) is 0 Å². The third kappa shape index (κ3) is 2.93. The summed E-state index contributed by atoms with van der Waals surface area (Å²) >= 11 is 0. The van der Waals surface area contributed by atoms with Crippen LogP contribution in [0.1, 0.15) is 11.7 Å². The third-order valence-electron chi connectivity index (χ3n) is 3.54. The Labute approximate surface area is 129 Å². The molecular weight excluding hydrogens is 274 g/mol. The van der Waals surface area contributed by atoms with Crippen LogP contribution >= 0.6 is 0 Å². The molecule has 108 valence electrons. The SMILES string of the molecule is N#CC(Oc1ccc2ccccc2c1)C(O)c1ccccc1. The van der Waals surface area contributed by atoms with Gasteiger partial charge in [0.25, 0.3) is 0 Å². The van der Waals surface area contributed by atoms with Crippen LogP contribution in [0.2, 0.25) is 0 Å². The van der Waals surface area contributed by atoms with Gasteiger partial charge in [-0.15, -0.1) is 0 Å². The number of fused-ring (bicyclic) bond motifs is 1. The van der Waals surface area contributed by atoms with Crippen LogP contribution < -0.4 is 4.74 Å². The number of nitrogens with zero attached hydrogens (tertiary/aromatic N) is 1. The summed E-state index contributed by atoms with van der Waals surface area (Å²) in [7, 11) is 0. The van der Waals surface area contributed by atoms with E-state index in [-0.39, 0.29) is 0 Å². The molecule has 2 atom stereocenters. The summed E-state index contributed by atoms with van der Waals surface area (Å²) < 4.78 is 5.68. The van der Waals surface area contributed by atoms with Gasteiger partial charge in [0.05, 0.1) is 0 Å². The molecule has 0 fully saturated rings. The van der Waals surface area contributed by atoms with E-state index < -0.39 is 12.2 Å². The minimum absolute atomic E-state index is 0.570. The van der Waals surface area contributed by atoms with Gasteiger partial charge in [-0.05, 0) is 28.5 Å². The zero-order chi connectivity index (χ0) is 15.4. The molecule has 0 bridgehead atoms. The largest absolute Gasteiger partial charge is 0.472 e. The molecule has 3 nitrogen and oxygen atoms in total. The second-order valence-electron chi connectivity index (χ2n) is 5.03. The lowest BCUT2D eigenvalue weighted by atomic mass is 10.1. The van der Waals surface area contributed by atoms with Crippen molar-refractivity contribution < 1.29 is 9.84 Å². The fraction of sp³-hybridized carbons (Fsp3) is 0.105. The quantitative estimate of drug-likeness (QED) is 0.793. The minimum atomic E-state index is -0.988. The van der Waals surface area contributed by atoms with E-state index in [0.29, 0.717) is 11.3 Å². The Bertz CT molecular complexity index is 808. The molecule has 0 spiro atoms. The highest BCUT2D eigenvalue weighted by Gasteiger charge is 2.22. The van der Waals surface area contributed by atoms with Crippen molar-refractivity contribution in [2.75, 3.05) is 0 Å². The summed E-state index contributed by atoms with van der Waals surface area (Å²) in [5.74, 6) is 0.570. The maximum atomic E-state index is 10.3. The Morgan fingerprint density at radius 1 is 0.864 bits per heavy atom. The van der Waals surface area contributed by atoms with Crippen molar-refractivity contribution in [3.63, 3.8) is 0 Å². The molecule has 3 heteroatoms. The van der Waals surface area contributed by atoms with Gasteiger partial charge in [-0.3, -0.25) is 0 Å². The van der Waals surface area contributed by atoms with Gasteiger partial charge >= 0.3 is 0 Å². The molecule has 3 rings (SSSR count). The standard InChI is InChI=1S/C19H15NO2/c20-13-18(19(21)15-7-2-1-3-8-15)22-17-11-10-14-6-4-5-9-16(14)12-17/h1-12,18-19,21H. The first-order valence-corrected chi connectivity index (χ1v) is 7.06. The Balaban J connectivity index is 1.84. The second-order valence-corrected chi connectivity index (χ2v) is 5.03. The Kier molecular flexibility index (Phi) is 4.04. The number of aliphatic hydroxyl groups is 1. The fourth-order valence-electron chi connectivity index (χ4n) is 2.37. The molecule has 0 aliphatic rings. The Morgan fingerprint density at radius 3 is 2.27 bits per heavy atom. The molecular formula is C19H15NO2. The van der Waals surface area contributed by atoms with E-state index in [9.17, 15) is 10.4 Å². The van der Waals surface area contributed by atoms with Crippen LogP contribution in [0.3, 0.4) is 0 Å². The van der Waals surface area contributed by atoms with Gasteiger partial charge in [-0.25, -0.2) is 0 Å². The molecule has 0 aliphatic heterocycles. The summed E-state index contributed by atoms with van der Waals surface area (Å²) in [5.41, 5.74) is 0.662. The van der Waals surface area contributed by atoms with Crippen LogP contribution in [0.5, 0.6) is 5.75 Å². The third-order valence-corrected chi connectivity index (χ3v) is 3.54. The summed E-state index contributed by atoms with van der Waals surface area (Å²) in [4.78, 5) is 0. The van der Waals surface area contributed by atoms with Crippen molar-refractivity contribution in [3.8, 4) is 11.8 Å². The summed E-state index contributed by atoms with van der Waals surface area (Å²) in [5, 5.41) is 21.7. The van der Waals surface area contributed by atoms with Crippen molar-refractivity contribution in [3.05, 3.63) is 78.4 Å². The molecule has 2 unspecified atom stereocenters. The highest BCUT2D eigenvalue weighted by atomic mass is 16.5. The van der Waals surface area contributed by atoms with Crippen LogP contribution in [0.4, 0.5) is 0 Å². The monoisotopic (exact) mass is 289 g/mol. The van der Waals surface area contributed by atoms with Crippen LogP contribution in [-0.4, -0.2) is 11.2 Å². The molecule has 0 heterocycles. The minimum Gasteiger partial charge on any atom is -0.472 e. The van der Waals surface area contributed by atoms with E-state index in [1.807, 2.05) is 66.7 Å². The summed E-state index contributed by atoms with van der Waals surface area (Å²) in [6.45, 7) is 0.